The third kappa shape index (κ3) is 3.45. The molecule has 0 aliphatic heterocycles. The molecule has 0 bridgehead atoms. The van der Waals surface area contributed by atoms with E-state index in [2.05, 4.69) is 12.2 Å². The zero-order valence-corrected chi connectivity index (χ0v) is 11.4. The van der Waals surface area contributed by atoms with Gasteiger partial charge in [0.2, 0.25) is 5.91 Å². The quantitative estimate of drug-likeness (QED) is 0.642. The molecule has 18 heavy (non-hydrogen) atoms. The Morgan fingerprint density at radius 1 is 1.28 bits per heavy atom. The van der Waals surface area contributed by atoms with Crippen LogP contribution in [0.3, 0.4) is 0 Å². The lowest BCUT2D eigenvalue weighted by Crippen LogP contribution is -2.30. The molecule has 1 saturated carbocycles. The first-order valence-corrected chi connectivity index (χ1v) is 6.51. The van der Waals surface area contributed by atoms with Crippen molar-refractivity contribution in [2.75, 3.05) is 19.8 Å². The van der Waals surface area contributed by atoms with Crippen molar-refractivity contribution in [3.8, 4) is 0 Å². The molecule has 5 heteroatoms. The minimum Gasteiger partial charge on any atom is -0.481 e. The first kappa shape index (κ1) is 15.0. The summed E-state index contributed by atoms with van der Waals surface area (Å²) < 4.78 is 5.32. The highest BCUT2D eigenvalue weighted by molar-refractivity contribution is 5.91. The fourth-order valence-corrected chi connectivity index (χ4v) is 2.29. The summed E-state index contributed by atoms with van der Waals surface area (Å²) in [6, 6.07) is 0. The topological polar surface area (TPSA) is 75.6 Å². The van der Waals surface area contributed by atoms with Crippen LogP contribution in [0.2, 0.25) is 0 Å². The summed E-state index contributed by atoms with van der Waals surface area (Å²) >= 11 is 0. The molecular weight excluding hydrogens is 234 g/mol. The van der Waals surface area contributed by atoms with Gasteiger partial charge in [0.25, 0.3) is 0 Å². The maximum Gasteiger partial charge on any atom is 0.307 e. The van der Waals surface area contributed by atoms with Crippen LogP contribution in [-0.4, -0.2) is 36.7 Å². The molecular formula is C13H23NO4. The van der Waals surface area contributed by atoms with E-state index in [0.717, 1.165) is 12.8 Å². The van der Waals surface area contributed by atoms with Gasteiger partial charge in [-0.1, -0.05) is 27.2 Å². The molecule has 0 aromatic heterocycles. The second-order valence-corrected chi connectivity index (χ2v) is 5.37. The first-order chi connectivity index (χ1) is 8.42. The van der Waals surface area contributed by atoms with E-state index in [1.54, 1.807) is 0 Å². The summed E-state index contributed by atoms with van der Waals surface area (Å²) in [6.45, 7) is 7.35. The summed E-state index contributed by atoms with van der Waals surface area (Å²) in [5, 5.41) is 11.7. The highest BCUT2D eigenvalue weighted by Gasteiger charge is 2.65. The maximum absolute atomic E-state index is 11.8. The number of nitrogens with one attached hydrogen (secondary N) is 1. The second-order valence-electron chi connectivity index (χ2n) is 5.37. The third-order valence-corrected chi connectivity index (χ3v) is 3.56. The molecule has 0 heterocycles. The van der Waals surface area contributed by atoms with Gasteiger partial charge >= 0.3 is 5.97 Å². The molecule has 0 saturated heterocycles. The highest BCUT2D eigenvalue weighted by atomic mass is 16.5. The summed E-state index contributed by atoms with van der Waals surface area (Å²) in [4.78, 5) is 22.7. The van der Waals surface area contributed by atoms with Gasteiger partial charge in [0.05, 0.1) is 18.4 Å². The lowest BCUT2D eigenvalue weighted by molar-refractivity contribution is -0.140. The monoisotopic (exact) mass is 257 g/mol. The molecule has 0 unspecified atom stereocenters. The van der Waals surface area contributed by atoms with E-state index in [1.165, 1.54) is 0 Å². The molecule has 1 rings (SSSR count). The van der Waals surface area contributed by atoms with E-state index in [9.17, 15) is 9.59 Å². The number of carboxylic acids is 1. The van der Waals surface area contributed by atoms with Crippen molar-refractivity contribution >= 4 is 11.9 Å². The molecule has 0 aromatic carbocycles. The van der Waals surface area contributed by atoms with Crippen molar-refractivity contribution in [3.63, 3.8) is 0 Å². The van der Waals surface area contributed by atoms with Crippen molar-refractivity contribution < 1.29 is 19.4 Å². The van der Waals surface area contributed by atoms with Crippen LogP contribution in [-0.2, 0) is 14.3 Å². The van der Waals surface area contributed by atoms with E-state index < -0.39 is 23.2 Å². The standard InChI is InChI=1S/C13H23NO4/c1-4-5-7-18-8-6-14-11(15)9-10(12(16)17)13(9,2)3/h9-10H,4-8H2,1-3H3,(H,14,15)(H,16,17)/t9-,10+/m1/s1. The number of carbonyl (C=O) groups is 2. The highest BCUT2D eigenvalue weighted by Crippen LogP contribution is 2.58. The van der Waals surface area contributed by atoms with Gasteiger partial charge in [0, 0.05) is 13.2 Å². The van der Waals surface area contributed by atoms with Crippen LogP contribution in [0.15, 0.2) is 0 Å². The fraction of sp³-hybridized carbons (Fsp3) is 0.846. The number of hydrogen-bond acceptors (Lipinski definition) is 3. The van der Waals surface area contributed by atoms with E-state index in [4.69, 9.17) is 9.84 Å². The second kappa shape index (κ2) is 6.18. The van der Waals surface area contributed by atoms with Crippen LogP contribution in [0.25, 0.3) is 0 Å². The van der Waals surface area contributed by atoms with Gasteiger partial charge in [-0.05, 0) is 11.8 Å². The normalized spacial score (nSPS) is 24.6. The van der Waals surface area contributed by atoms with Crippen molar-refractivity contribution in [1.29, 1.82) is 0 Å². The average molecular weight is 257 g/mol. The van der Waals surface area contributed by atoms with Gasteiger partial charge in [-0.2, -0.15) is 0 Å². The SMILES string of the molecule is CCCCOCCNC(=O)[C@H]1[C@@H](C(=O)O)C1(C)C. The summed E-state index contributed by atoms with van der Waals surface area (Å²) in [6.07, 6.45) is 2.10. The van der Waals surface area contributed by atoms with E-state index in [1.807, 2.05) is 13.8 Å². The molecule has 2 atom stereocenters. The van der Waals surface area contributed by atoms with Gasteiger partial charge in [-0.25, -0.2) is 0 Å². The van der Waals surface area contributed by atoms with Crippen molar-refractivity contribution in [2.45, 2.75) is 33.6 Å². The predicted octanol–water partition coefficient (Wildman–Crippen LogP) is 1.28. The summed E-state index contributed by atoms with van der Waals surface area (Å²) in [5.41, 5.74) is -0.432. The average Bonchev–Trinajstić information content (AvgIpc) is 2.86. The largest absolute Gasteiger partial charge is 0.481 e. The molecule has 5 nitrogen and oxygen atoms in total. The Balaban J connectivity index is 2.21. The zero-order chi connectivity index (χ0) is 13.8. The Morgan fingerprint density at radius 3 is 2.44 bits per heavy atom. The Labute approximate surface area is 108 Å². The molecule has 104 valence electrons. The van der Waals surface area contributed by atoms with Crippen LogP contribution in [0.1, 0.15) is 33.6 Å². The van der Waals surface area contributed by atoms with Crippen molar-refractivity contribution in [2.24, 2.45) is 17.3 Å². The smallest absolute Gasteiger partial charge is 0.307 e. The number of aliphatic carboxylic acids is 1. The Hall–Kier alpha value is -1.10. The number of unbranched alkanes of at least 4 members (excludes halogenated alkanes) is 1. The minimum atomic E-state index is -0.889. The molecule has 0 aromatic rings. The molecule has 0 radical (unpaired) electrons. The number of rotatable bonds is 8. The number of ether oxygens (including phenoxy) is 1. The van der Waals surface area contributed by atoms with E-state index in [0.29, 0.717) is 19.8 Å². The number of amides is 1. The van der Waals surface area contributed by atoms with Crippen LogP contribution in [0.4, 0.5) is 0 Å². The number of carbonyl (C=O) groups excluding carboxylic acids is 1. The zero-order valence-electron chi connectivity index (χ0n) is 11.4. The summed E-state index contributed by atoms with van der Waals surface area (Å²) in [5.74, 6) is -2.03. The van der Waals surface area contributed by atoms with Crippen LogP contribution in [0.5, 0.6) is 0 Å². The maximum atomic E-state index is 11.8. The van der Waals surface area contributed by atoms with Crippen LogP contribution in [0, 0.1) is 17.3 Å². The van der Waals surface area contributed by atoms with Gasteiger partial charge in [0.15, 0.2) is 0 Å². The Bertz CT molecular complexity index is 314. The summed E-state index contributed by atoms with van der Waals surface area (Å²) in [7, 11) is 0. The van der Waals surface area contributed by atoms with Gasteiger partial charge in [0.1, 0.15) is 0 Å². The lowest BCUT2D eigenvalue weighted by atomic mass is 10.1. The lowest BCUT2D eigenvalue weighted by Gasteiger charge is -2.06. The number of hydrogen-bond donors (Lipinski definition) is 2. The van der Waals surface area contributed by atoms with Gasteiger partial charge in [-0.15, -0.1) is 0 Å². The van der Waals surface area contributed by atoms with Crippen molar-refractivity contribution in [1.82, 2.24) is 5.32 Å². The predicted molar refractivity (Wildman–Crippen MR) is 67.1 cm³/mol. The van der Waals surface area contributed by atoms with E-state index >= 15 is 0 Å². The molecule has 2 N–H and O–H groups in total. The Morgan fingerprint density at radius 2 is 1.94 bits per heavy atom. The van der Waals surface area contributed by atoms with Crippen molar-refractivity contribution in [3.05, 3.63) is 0 Å². The molecule has 1 fully saturated rings. The Kier molecular flexibility index (Phi) is 5.14. The van der Waals surface area contributed by atoms with Gasteiger partial charge in [-0.3, -0.25) is 9.59 Å². The van der Waals surface area contributed by atoms with Crippen LogP contribution >= 0.6 is 0 Å². The third-order valence-electron chi connectivity index (χ3n) is 3.56. The van der Waals surface area contributed by atoms with E-state index in [-0.39, 0.29) is 5.91 Å². The molecule has 1 aliphatic carbocycles. The number of carboxylic acid groups (broad SMARTS) is 1. The molecule has 0 spiro atoms. The fourth-order valence-electron chi connectivity index (χ4n) is 2.29. The molecule has 1 aliphatic rings. The minimum absolute atomic E-state index is 0.175. The first-order valence-electron chi connectivity index (χ1n) is 6.51. The van der Waals surface area contributed by atoms with Crippen LogP contribution < -0.4 is 5.32 Å². The molecule has 1 amide bonds. The van der Waals surface area contributed by atoms with Gasteiger partial charge < -0.3 is 15.2 Å².